The molecular weight excluding hydrogens is 314 g/mol. The lowest BCUT2D eigenvalue weighted by molar-refractivity contribution is -0.125. The molecule has 1 saturated heterocycles. The number of carbonyl (C=O) groups excluding carboxylic acids is 1. The van der Waals surface area contributed by atoms with Crippen LogP contribution in [0, 0.1) is 5.92 Å². The van der Waals surface area contributed by atoms with Gasteiger partial charge in [-0.3, -0.25) is 9.20 Å². The van der Waals surface area contributed by atoms with E-state index in [4.69, 9.17) is 0 Å². The van der Waals surface area contributed by atoms with Gasteiger partial charge in [-0.15, -0.1) is 10.2 Å². The van der Waals surface area contributed by atoms with Gasteiger partial charge in [-0.2, -0.15) is 0 Å². The second kappa shape index (κ2) is 6.93. The summed E-state index contributed by atoms with van der Waals surface area (Å²) < 4.78 is 1.98. The largest absolute Gasteiger partial charge is 0.352 e. The van der Waals surface area contributed by atoms with E-state index in [1.54, 1.807) is 0 Å². The SMILES string of the molecule is O=C(NCc1ccccc1)C1CCCN(c2nnc3ccccn23)C1. The minimum Gasteiger partial charge on any atom is -0.352 e. The van der Waals surface area contributed by atoms with Crippen LogP contribution < -0.4 is 10.2 Å². The maximum atomic E-state index is 12.6. The van der Waals surface area contributed by atoms with Gasteiger partial charge in [0.1, 0.15) is 0 Å². The highest BCUT2D eigenvalue weighted by Crippen LogP contribution is 2.22. The van der Waals surface area contributed by atoms with Crippen molar-refractivity contribution in [3.8, 4) is 0 Å². The molecule has 3 heterocycles. The molecule has 25 heavy (non-hydrogen) atoms. The number of hydrogen-bond acceptors (Lipinski definition) is 4. The molecular formula is C19H21N5O. The fraction of sp³-hybridized carbons (Fsp3) is 0.316. The molecule has 1 atom stereocenters. The van der Waals surface area contributed by atoms with E-state index < -0.39 is 0 Å². The molecule has 128 valence electrons. The molecule has 0 radical (unpaired) electrons. The van der Waals surface area contributed by atoms with Crippen molar-refractivity contribution < 1.29 is 4.79 Å². The van der Waals surface area contributed by atoms with Gasteiger partial charge in [-0.25, -0.2) is 0 Å². The summed E-state index contributed by atoms with van der Waals surface area (Å²) in [6, 6.07) is 15.8. The molecule has 1 amide bonds. The van der Waals surface area contributed by atoms with E-state index in [0.29, 0.717) is 13.1 Å². The van der Waals surface area contributed by atoms with Gasteiger partial charge in [-0.05, 0) is 30.5 Å². The number of nitrogens with zero attached hydrogens (tertiary/aromatic N) is 4. The Morgan fingerprint density at radius 1 is 1.12 bits per heavy atom. The van der Waals surface area contributed by atoms with Gasteiger partial charge < -0.3 is 10.2 Å². The normalized spacial score (nSPS) is 17.6. The summed E-state index contributed by atoms with van der Waals surface area (Å²) in [5.74, 6) is 0.909. The molecule has 1 aliphatic rings. The van der Waals surface area contributed by atoms with Crippen LogP contribution in [0.5, 0.6) is 0 Å². The van der Waals surface area contributed by atoms with Gasteiger partial charge in [0.05, 0.1) is 5.92 Å². The number of anilines is 1. The first kappa shape index (κ1) is 15.6. The molecule has 6 nitrogen and oxygen atoms in total. The van der Waals surface area contributed by atoms with Gasteiger partial charge in [-0.1, -0.05) is 36.4 Å². The number of piperidine rings is 1. The summed E-state index contributed by atoms with van der Waals surface area (Å²) in [5.41, 5.74) is 1.94. The lowest BCUT2D eigenvalue weighted by Gasteiger charge is -2.32. The van der Waals surface area contributed by atoms with E-state index >= 15 is 0 Å². The second-order valence-corrected chi connectivity index (χ2v) is 6.42. The summed E-state index contributed by atoms with van der Waals surface area (Å²) in [4.78, 5) is 14.7. The number of fused-ring (bicyclic) bond motifs is 1. The monoisotopic (exact) mass is 335 g/mol. The quantitative estimate of drug-likeness (QED) is 0.794. The number of benzene rings is 1. The smallest absolute Gasteiger partial charge is 0.231 e. The van der Waals surface area contributed by atoms with E-state index in [1.165, 1.54) is 0 Å². The third-order valence-electron chi connectivity index (χ3n) is 4.68. The van der Waals surface area contributed by atoms with E-state index in [1.807, 2.05) is 59.1 Å². The summed E-state index contributed by atoms with van der Waals surface area (Å²) in [6.07, 6.45) is 3.85. The third kappa shape index (κ3) is 3.33. The van der Waals surface area contributed by atoms with Gasteiger partial charge in [0.2, 0.25) is 11.9 Å². The van der Waals surface area contributed by atoms with Crippen LogP contribution in [0.3, 0.4) is 0 Å². The average Bonchev–Trinajstić information content (AvgIpc) is 3.11. The first-order valence-electron chi connectivity index (χ1n) is 8.67. The van der Waals surface area contributed by atoms with E-state index in [0.717, 1.165) is 36.5 Å². The maximum Gasteiger partial charge on any atom is 0.231 e. The Hall–Kier alpha value is -2.89. The lowest BCUT2D eigenvalue weighted by atomic mass is 9.97. The summed E-state index contributed by atoms with van der Waals surface area (Å²) in [7, 11) is 0. The zero-order chi connectivity index (χ0) is 17.1. The molecule has 1 aromatic carbocycles. The molecule has 6 heteroatoms. The van der Waals surface area contributed by atoms with Crippen molar-refractivity contribution in [2.75, 3.05) is 18.0 Å². The molecule has 3 aromatic rings. The fourth-order valence-corrected chi connectivity index (χ4v) is 3.35. The molecule has 1 N–H and O–H groups in total. The first-order chi connectivity index (χ1) is 12.3. The van der Waals surface area contributed by atoms with Crippen molar-refractivity contribution in [1.82, 2.24) is 19.9 Å². The van der Waals surface area contributed by atoms with Crippen LogP contribution in [0.25, 0.3) is 5.65 Å². The minimum absolute atomic E-state index is 0.0199. The molecule has 2 aromatic heterocycles. The highest BCUT2D eigenvalue weighted by Gasteiger charge is 2.27. The van der Waals surface area contributed by atoms with Gasteiger partial charge in [0.25, 0.3) is 0 Å². The van der Waals surface area contributed by atoms with Gasteiger partial charge >= 0.3 is 0 Å². The highest BCUT2D eigenvalue weighted by atomic mass is 16.1. The van der Waals surface area contributed by atoms with Crippen LogP contribution in [0.1, 0.15) is 18.4 Å². The summed E-state index contributed by atoms with van der Waals surface area (Å²) >= 11 is 0. The Balaban J connectivity index is 1.43. The molecule has 1 fully saturated rings. The molecule has 0 saturated carbocycles. The lowest BCUT2D eigenvalue weighted by Crippen LogP contribution is -2.43. The van der Waals surface area contributed by atoms with Crippen molar-refractivity contribution in [2.45, 2.75) is 19.4 Å². The van der Waals surface area contributed by atoms with Crippen molar-refractivity contribution in [1.29, 1.82) is 0 Å². The van der Waals surface area contributed by atoms with Crippen LogP contribution in [0.4, 0.5) is 5.95 Å². The topological polar surface area (TPSA) is 62.5 Å². The number of hydrogen-bond donors (Lipinski definition) is 1. The average molecular weight is 335 g/mol. The van der Waals surface area contributed by atoms with Gasteiger partial charge in [0, 0.05) is 25.8 Å². The van der Waals surface area contributed by atoms with E-state index in [2.05, 4.69) is 20.4 Å². The summed E-state index contributed by atoms with van der Waals surface area (Å²) in [6.45, 7) is 2.15. The first-order valence-corrected chi connectivity index (χ1v) is 8.67. The van der Waals surface area contributed by atoms with Crippen LogP contribution in [-0.2, 0) is 11.3 Å². The number of aromatic nitrogens is 3. The number of pyridine rings is 1. The van der Waals surface area contributed by atoms with Crippen LogP contribution in [-0.4, -0.2) is 33.6 Å². The Bertz CT molecular complexity index is 860. The zero-order valence-electron chi connectivity index (χ0n) is 14.0. The maximum absolute atomic E-state index is 12.6. The fourth-order valence-electron chi connectivity index (χ4n) is 3.35. The van der Waals surface area contributed by atoms with Crippen molar-refractivity contribution in [3.05, 3.63) is 60.3 Å². The predicted octanol–water partition coefficient (Wildman–Crippen LogP) is 2.26. The highest BCUT2D eigenvalue weighted by molar-refractivity contribution is 5.79. The standard InChI is InChI=1S/C19H21N5O/c25-18(20-13-15-7-2-1-3-8-15)16-9-6-11-23(14-16)19-22-21-17-10-4-5-12-24(17)19/h1-5,7-8,10,12,16H,6,9,11,13-14H2,(H,20,25). The van der Waals surface area contributed by atoms with E-state index in [-0.39, 0.29) is 11.8 Å². The van der Waals surface area contributed by atoms with Crippen LogP contribution >= 0.6 is 0 Å². The van der Waals surface area contributed by atoms with Crippen LogP contribution in [0.15, 0.2) is 54.7 Å². The van der Waals surface area contributed by atoms with Crippen LogP contribution in [0.2, 0.25) is 0 Å². The molecule has 1 aliphatic heterocycles. The summed E-state index contributed by atoms with van der Waals surface area (Å²) in [5, 5.41) is 11.6. The third-order valence-corrected chi connectivity index (χ3v) is 4.68. The molecule has 4 rings (SSSR count). The Labute approximate surface area is 146 Å². The Morgan fingerprint density at radius 2 is 1.96 bits per heavy atom. The molecule has 1 unspecified atom stereocenters. The number of amides is 1. The number of nitrogens with one attached hydrogen (secondary N) is 1. The predicted molar refractivity (Wildman–Crippen MR) is 96.2 cm³/mol. The van der Waals surface area contributed by atoms with Crippen molar-refractivity contribution in [3.63, 3.8) is 0 Å². The minimum atomic E-state index is -0.0199. The Kier molecular flexibility index (Phi) is 4.33. The van der Waals surface area contributed by atoms with Gasteiger partial charge in [0.15, 0.2) is 5.65 Å². The molecule has 0 aliphatic carbocycles. The Morgan fingerprint density at radius 3 is 2.84 bits per heavy atom. The molecule has 0 bridgehead atoms. The number of rotatable bonds is 4. The zero-order valence-corrected chi connectivity index (χ0v) is 14.0. The second-order valence-electron chi connectivity index (χ2n) is 6.42. The molecule has 0 spiro atoms. The van der Waals surface area contributed by atoms with Crippen molar-refractivity contribution in [2.24, 2.45) is 5.92 Å². The van der Waals surface area contributed by atoms with E-state index in [9.17, 15) is 4.79 Å². The number of carbonyl (C=O) groups is 1. The van der Waals surface area contributed by atoms with Crippen molar-refractivity contribution >= 4 is 17.5 Å².